The van der Waals surface area contributed by atoms with Gasteiger partial charge >= 0.3 is 0 Å². The molecule has 1 amide bonds. The Morgan fingerprint density at radius 1 is 1.26 bits per heavy atom. The van der Waals surface area contributed by atoms with Gasteiger partial charge in [0.1, 0.15) is 18.2 Å². The first kappa shape index (κ1) is 19.1. The van der Waals surface area contributed by atoms with E-state index < -0.39 is 0 Å². The summed E-state index contributed by atoms with van der Waals surface area (Å²) >= 11 is 1.56. The van der Waals surface area contributed by atoms with Gasteiger partial charge in [0.05, 0.1) is 5.69 Å². The summed E-state index contributed by atoms with van der Waals surface area (Å²) in [4.78, 5) is 22.5. The number of anilines is 1. The molecule has 2 heterocycles. The second kappa shape index (κ2) is 8.81. The lowest BCUT2D eigenvalue weighted by atomic mass is 10.2. The molecule has 1 N–H and O–H groups in total. The molecule has 0 fully saturated rings. The molecule has 2 aromatic heterocycles. The van der Waals surface area contributed by atoms with Gasteiger partial charge < -0.3 is 9.30 Å². The van der Waals surface area contributed by atoms with Crippen LogP contribution in [0.1, 0.15) is 47.0 Å². The number of aromatic nitrogens is 3. The van der Waals surface area contributed by atoms with Crippen molar-refractivity contribution in [2.45, 2.75) is 39.7 Å². The average Bonchev–Trinajstić information content (AvgIpc) is 3.26. The minimum absolute atomic E-state index is 0.162. The maximum Gasteiger partial charge on any atom is 0.257 e. The number of aryl methyl sites for hydroxylation is 3. The molecule has 1 aromatic carbocycles. The lowest BCUT2D eigenvalue weighted by molar-refractivity contribution is 0.102. The van der Waals surface area contributed by atoms with Crippen molar-refractivity contribution in [3.05, 3.63) is 58.6 Å². The molecule has 0 aliphatic carbocycles. The highest BCUT2D eigenvalue weighted by atomic mass is 32.1. The molecule has 142 valence electrons. The zero-order valence-corrected chi connectivity index (χ0v) is 16.7. The summed E-state index contributed by atoms with van der Waals surface area (Å²) in [5.74, 6) is 1.38. The monoisotopic (exact) mass is 384 g/mol. The van der Waals surface area contributed by atoms with Gasteiger partial charge in [-0.3, -0.25) is 10.1 Å². The van der Waals surface area contributed by atoms with Crippen LogP contribution in [0.4, 0.5) is 5.13 Å². The highest BCUT2D eigenvalue weighted by molar-refractivity contribution is 7.15. The van der Waals surface area contributed by atoms with Crippen LogP contribution in [0, 0.1) is 0 Å². The third-order valence-corrected chi connectivity index (χ3v) is 5.37. The van der Waals surface area contributed by atoms with E-state index in [-0.39, 0.29) is 5.91 Å². The van der Waals surface area contributed by atoms with Crippen molar-refractivity contribution in [2.75, 3.05) is 5.32 Å². The van der Waals surface area contributed by atoms with Gasteiger partial charge in [0.25, 0.3) is 5.91 Å². The van der Waals surface area contributed by atoms with Crippen LogP contribution in [0.5, 0.6) is 5.75 Å². The van der Waals surface area contributed by atoms with Gasteiger partial charge in [-0.25, -0.2) is 9.97 Å². The molecular weight excluding hydrogens is 360 g/mol. The molecule has 0 aliphatic heterocycles. The minimum atomic E-state index is -0.162. The molecule has 0 spiro atoms. The second-order valence-electron chi connectivity index (χ2n) is 6.21. The lowest BCUT2D eigenvalue weighted by Crippen LogP contribution is -2.11. The predicted octanol–water partition coefficient (Wildman–Crippen LogP) is 4.22. The Balaban J connectivity index is 1.61. The molecule has 0 aliphatic rings. The Bertz CT molecular complexity index is 899. The highest BCUT2D eigenvalue weighted by Crippen LogP contribution is 2.25. The summed E-state index contributed by atoms with van der Waals surface area (Å²) in [6.07, 6.45) is 6.54. The van der Waals surface area contributed by atoms with E-state index in [0.29, 0.717) is 23.1 Å². The molecule has 3 aromatic rings. The third-order valence-electron chi connectivity index (χ3n) is 4.21. The SMILES string of the molecule is CCCc1nc(NC(=O)c2ccc(OCc3nccn3C)cc2)sc1CC. The summed E-state index contributed by atoms with van der Waals surface area (Å²) in [6, 6.07) is 7.09. The van der Waals surface area contributed by atoms with E-state index in [1.54, 1.807) is 41.8 Å². The van der Waals surface area contributed by atoms with Crippen LogP contribution in [-0.4, -0.2) is 20.4 Å². The smallest absolute Gasteiger partial charge is 0.257 e. The van der Waals surface area contributed by atoms with Gasteiger partial charge in [0.2, 0.25) is 0 Å². The van der Waals surface area contributed by atoms with Crippen LogP contribution in [0.2, 0.25) is 0 Å². The summed E-state index contributed by atoms with van der Waals surface area (Å²) in [7, 11) is 1.92. The summed E-state index contributed by atoms with van der Waals surface area (Å²) in [5, 5.41) is 3.57. The first-order valence-electron chi connectivity index (χ1n) is 9.09. The maximum absolute atomic E-state index is 12.5. The predicted molar refractivity (Wildman–Crippen MR) is 107 cm³/mol. The third kappa shape index (κ3) is 4.74. The van der Waals surface area contributed by atoms with Gasteiger partial charge in [-0.2, -0.15) is 0 Å². The van der Waals surface area contributed by atoms with Gasteiger partial charge in [0.15, 0.2) is 5.13 Å². The molecule has 27 heavy (non-hydrogen) atoms. The topological polar surface area (TPSA) is 69.0 Å². The summed E-state index contributed by atoms with van der Waals surface area (Å²) in [5.41, 5.74) is 1.67. The normalized spacial score (nSPS) is 10.8. The van der Waals surface area contributed by atoms with Crippen LogP contribution in [0.15, 0.2) is 36.7 Å². The molecule has 7 heteroatoms. The number of hydrogen-bond acceptors (Lipinski definition) is 5. The van der Waals surface area contributed by atoms with E-state index in [2.05, 4.69) is 29.1 Å². The standard InChI is InChI=1S/C20H24N4O2S/c1-4-6-16-17(5-2)27-20(22-16)23-19(25)14-7-9-15(10-8-14)26-13-18-21-11-12-24(18)3/h7-12H,4-6,13H2,1-3H3,(H,22,23,25). The zero-order valence-electron chi connectivity index (χ0n) is 15.9. The number of carbonyl (C=O) groups excluding carboxylic acids is 1. The molecular formula is C20H24N4O2S. The van der Waals surface area contributed by atoms with E-state index in [1.807, 2.05) is 17.8 Å². The Kier molecular flexibility index (Phi) is 6.24. The van der Waals surface area contributed by atoms with E-state index in [9.17, 15) is 4.79 Å². The molecule has 0 atom stereocenters. The first-order chi connectivity index (χ1) is 13.1. The number of nitrogens with one attached hydrogen (secondary N) is 1. The van der Waals surface area contributed by atoms with E-state index >= 15 is 0 Å². The fraction of sp³-hybridized carbons (Fsp3) is 0.350. The zero-order chi connectivity index (χ0) is 19.2. The largest absolute Gasteiger partial charge is 0.486 e. The highest BCUT2D eigenvalue weighted by Gasteiger charge is 2.13. The Hall–Kier alpha value is -2.67. The van der Waals surface area contributed by atoms with Crippen LogP contribution in [0.3, 0.4) is 0 Å². The molecule has 0 saturated carbocycles. The second-order valence-corrected chi connectivity index (χ2v) is 7.30. The van der Waals surface area contributed by atoms with Crippen molar-refractivity contribution in [3.63, 3.8) is 0 Å². The molecule has 3 rings (SSSR count). The minimum Gasteiger partial charge on any atom is -0.486 e. The van der Waals surface area contributed by atoms with Gasteiger partial charge in [0, 0.05) is 29.9 Å². The van der Waals surface area contributed by atoms with Crippen molar-refractivity contribution in [1.82, 2.24) is 14.5 Å². The first-order valence-corrected chi connectivity index (χ1v) is 9.91. The number of rotatable bonds is 8. The Labute approximate surface area is 163 Å². The fourth-order valence-electron chi connectivity index (χ4n) is 2.70. The van der Waals surface area contributed by atoms with Crippen molar-refractivity contribution in [2.24, 2.45) is 7.05 Å². The number of thiazole rings is 1. The molecule has 0 saturated heterocycles. The van der Waals surface area contributed by atoms with E-state index in [0.717, 1.165) is 30.8 Å². The summed E-state index contributed by atoms with van der Waals surface area (Å²) < 4.78 is 7.63. The molecule has 0 unspecified atom stereocenters. The van der Waals surface area contributed by atoms with Crippen molar-refractivity contribution in [1.29, 1.82) is 0 Å². The number of hydrogen-bond donors (Lipinski definition) is 1. The van der Waals surface area contributed by atoms with Crippen LogP contribution < -0.4 is 10.1 Å². The summed E-state index contributed by atoms with van der Waals surface area (Å²) in [6.45, 7) is 4.63. The molecule has 0 radical (unpaired) electrons. The van der Waals surface area contributed by atoms with Gasteiger partial charge in [-0.15, -0.1) is 11.3 Å². The quantitative estimate of drug-likeness (QED) is 0.631. The van der Waals surface area contributed by atoms with Gasteiger partial charge in [-0.1, -0.05) is 20.3 Å². The molecule has 0 bridgehead atoms. The average molecular weight is 385 g/mol. The Morgan fingerprint density at radius 2 is 2.04 bits per heavy atom. The van der Waals surface area contributed by atoms with Crippen molar-refractivity contribution < 1.29 is 9.53 Å². The number of imidazole rings is 1. The maximum atomic E-state index is 12.5. The number of carbonyl (C=O) groups is 1. The van der Waals surface area contributed by atoms with Crippen molar-refractivity contribution in [3.8, 4) is 5.75 Å². The van der Waals surface area contributed by atoms with Gasteiger partial charge in [-0.05, 0) is 37.1 Å². The number of benzene rings is 1. The number of ether oxygens (including phenoxy) is 1. The van der Waals surface area contributed by atoms with Crippen LogP contribution >= 0.6 is 11.3 Å². The Morgan fingerprint density at radius 3 is 2.67 bits per heavy atom. The number of amides is 1. The lowest BCUT2D eigenvalue weighted by Gasteiger charge is -2.07. The van der Waals surface area contributed by atoms with Crippen molar-refractivity contribution >= 4 is 22.4 Å². The fourth-order valence-corrected chi connectivity index (χ4v) is 3.64. The molecule has 6 nitrogen and oxygen atoms in total. The van der Waals surface area contributed by atoms with Crippen LogP contribution in [-0.2, 0) is 26.5 Å². The van der Waals surface area contributed by atoms with Crippen LogP contribution in [0.25, 0.3) is 0 Å². The van der Waals surface area contributed by atoms with E-state index in [1.165, 1.54) is 4.88 Å². The van der Waals surface area contributed by atoms with E-state index in [4.69, 9.17) is 4.74 Å². The number of nitrogens with zero attached hydrogens (tertiary/aromatic N) is 3.